The van der Waals surface area contributed by atoms with E-state index >= 15 is 0 Å². The molecule has 0 aromatic heterocycles. The molecule has 0 bridgehead atoms. The molecule has 0 heterocycles. The zero-order valence-electron chi connectivity index (χ0n) is 7.40. The van der Waals surface area contributed by atoms with Crippen LogP contribution in [0.1, 0.15) is 11.1 Å². The first kappa shape index (κ1) is 9.81. The number of rotatable bonds is 2. The van der Waals surface area contributed by atoms with Crippen LogP contribution < -0.4 is 11.5 Å². The third-order valence-corrected chi connectivity index (χ3v) is 1.62. The Balaban J connectivity index is 3.13. The zero-order valence-corrected chi connectivity index (χ0v) is 7.40. The Kier molecular flexibility index (Phi) is 2.87. The molecule has 0 aliphatic rings. The second-order valence-corrected chi connectivity index (χ2v) is 2.69. The summed E-state index contributed by atoms with van der Waals surface area (Å²) in [6.07, 6.45) is 2.66. The number of nitrogen functional groups attached to an aromatic ring is 1. The van der Waals surface area contributed by atoms with Crippen LogP contribution in [0.15, 0.2) is 24.3 Å². The van der Waals surface area contributed by atoms with Gasteiger partial charge in [-0.25, -0.2) is 0 Å². The monoisotopic (exact) mass is 187 g/mol. The molecule has 1 aromatic rings. The summed E-state index contributed by atoms with van der Waals surface area (Å²) >= 11 is 0. The van der Waals surface area contributed by atoms with Gasteiger partial charge < -0.3 is 11.5 Å². The van der Waals surface area contributed by atoms with E-state index in [-0.39, 0.29) is 0 Å². The van der Waals surface area contributed by atoms with Gasteiger partial charge in [0.05, 0.1) is 11.6 Å². The number of primary amides is 1. The quantitative estimate of drug-likeness (QED) is 0.525. The van der Waals surface area contributed by atoms with E-state index in [2.05, 4.69) is 0 Å². The predicted octanol–water partition coefficient (Wildman–Crippen LogP) is 0.639. The number of amides is 1. The van der Waals surface area contributed by atoms with Crippen molar-refractivity contribution in [2.24, 2.45) is 5.73 Å². The van der Waals surface area contributed by atoms with Crippen LogP contribution in [-0.2, 0) is 4.79 Å². The van der Waals surface area contributed by atoms with Crippen LogP contribution in [0.25, 0.3) is 6.08 Å². The van der Waals surface area contributed by atoms with Crippen molar-refractivity contribution >= 4 is 17.7 Å². The van der Waals surface area contributed by atoms with Crippen LogP contribution in [0, 0.1) is 11.3 Å². The molecule has 1 aromatic carbocycles. The van der Waals surface area contributed by atoms with E-state index in [9.17, 15) is 4.79 Å². The van der Waals surface area contributed by atoms with Crippen LogP contribution in [0.3, 0.4) is 0 Å². The number of nitrogens with zero attached hydrogens (tertiary/aromatic N) is 1. The molecule has 70 valence electrons. The van der Waals surface area contributed by atoms with Crippen molar-refractivity contribution in [3.8, 4) is 6.07 Å². The molecule has 4 N–H and O–H groups in total. The fraction of sp³-hybridized carbons (Fsp3) is 0. The summed E-state index contributed by atoms with van der Waals surface area (Å²) in [5.74, 6) is -0.559. The maximum Gasteiger partial charge on any atom is 0.241 e. The fourth-order valence-corrected chi connectivity index (χ4v) is 0.993. The van der Waals surface area contributed by atoms with Gasteiger partial charge in [-0.15, -0.1) is 0 Å². The number of nitriles is 1. The van der Waals surface area contributed by atoms with E-state index < -0.39 is 5.91 Å². The van der Waals surface area contributed by atoms with E-state index in [0.717, 1.165) is 0 Å². The van der Waals surface area contributed by atoms with Gasteiger partial charge in [0.25, 0.3) is 0 Å². The van der Waals surface area contributed by atoms with Crippen molar-refractivity contribution in [1.29, 1.82) is 5.26 Å². The third kappa shape index (κ3) is 2.35. The van der Waals surface area contributed by atoms with Gasteiger partial charge in [0, 0.05) is 11.8 Å². The molecule has 0 radical (unpaired) electrons. The summed E-state index contributed by atoms with van der Waals surface area (Å²) in [7, 11) is 0. The van der Waals surface area contributed by atoms with Crippen LogP contribution >= 0.6 is 0 Å². The summed E-state index contributed by atoms with van der Waals surface area (Å²) in [4.78, 5) is 10.5. The van der Waals surface area contributed by atoms with E-state index in [4.69, 9.17) is 16.7 Å². The van der Waals surface area contributed by atoms with Crippen molar-refractivity contribution in [2.45, 2.75) is 0 Å². The van der Waals surface area contributed by atoms with E-state index in [1.807, 2.05) is 6.07 Å². The molecule has 4 heteroatoms. The predicted molar refractivity (Wildman–Crippen MR) is 53.8 cm³/mol. The van der Waals surface area contributed by atoms with Crippen LogP contribution in [0.2, 0.25) is 0 Å². The Hall–Kier alpha value is -2.28. The third-order valence-electron chi connectivity index (χ3n) is 1.62. The molecule has 0 fully saturated rings. The molecule has 14 heavy (non-hydrogen) atoms. The Morgan fingerprint density at radius 1 is 1.50 bits per heavy atom. The number of carbonyl (C=O) groups excluding carboxylic acids is 1. The van der Waals surface area contributed by atoms with Gasteiger partial charge in [0.2, 0.25) is 5.91 Å². The van der Waals surface area contributed by atoms with Crippen molar-refractivity contribution in [1.82, 2.24) is 0 Å². The molecule has 0 saturated carbocycles. The summed E-state index contributed by atoms with van der Waals surface area (Å²) in [6, 6.07) is 6.82. The molecular weight excluding hydrogens is 178 g/mol. The number of benzene rings is 1. The Labute approximate surface area is 81.4 Å². The topological polar surface area (TPSA) is 92.9 Å². The number of hydrogen-bond donors (Lipinski definition) is 2. The van der Waals surface area contributed by atoms with Gasteiger partial charge in [0.1, 0.15) is 0 Å². The summed E-state index contributed by atoms with van der Waals surface area (Å²) in [5, 5.41) is 8.73. The maximum absolute atomic E-state index is 10.5. The molecule has 0 spiro atoms. The number of carbonyl (C=O) groups is 1. The fourth-order valence-electron chi connectivity index (χ4n) is 0.993. The molecule has 0 unspecified atom stereocenters. The van der Waals surface area contributed by atoms with Gasteiger partial charge in [-0.05, 0) is 29.8 Å². The summed E-state index contributed by atoms with van der Waals surface area (Å²) in [6.45, 7) is 0. The van der Waals surface area contributed by atoms with Crippen LogP contribution in [0.5, 0.6) is 0 Å². The minimum Gasteiger partial charge on any atom is -0.399 e. The highest BCUT2D eigenvalue weighted by Crippen LogP contribution is 2.14. The highest BCUT2D eigenvalue weighted by atomic mass is 16.1. The minimum absolute atomic E-state index is 0.455. The van der Waals surface area contributed by atoms with Gasteiger partial charge in [-0.2, -0.15) is 5.26 Å². The normalized spacial score (nSPS) is 9.93. The van der Waals surface area contributed by atoms with E-state index in [1.54, 1.807) is 18.2 Å². The average Bonchev–Trinajstić information content (AvgIpc) is 2.15. The second-order valence-electron chi connectivity index (χ2n) is 2.69. The van der Waals surface area contributed by atoms with Gasteiger partial charge in [-0.3, -0.25) is 4.79 Å². The summed E-state index contributed by atoms with van der Waals surface area (Å²) in [5.41, 5.74) is 12.0. The van der Waals surface area contributed by atoms with E-state index in [0.29, 0.717) is 16.8 Å². The summed E-state index contributed by atoms with van der Waals surface area (Å²) < 4.78 is 0. The first-order valence-electron chi connectivity index (χ1n) is 3.90. The lowest BCUT2D eigenvalue weighted by molar-refractivity contribution is -0.113. The standard InChI is InChI=1S/C10H9N3O/c11-6-8-1-3-9(12)5-7(8)2-4-10(13)14/h1-5H,12H2,(H2,13,14). The molecule has 0 aliphatic heterocycles. The minimum atomic E-state index is -0.559. The van der Waals surface area contributed by atoms with E-state index in [1.165, 1.54) is 12.2 Å². The molecular formula is C10H9N3O. The second kappa shape index (κ2) is 4.10. The van der Waals surface area contributed by atoms with Gasteiger partial charge in [-0.1, -0.05) is 0 Å². The lowest BCUT2D eigenvalue weighted by Crippen LogP contribution is -2.05. The number of anilines is 1. The van der Waals surface area contributed by atoms with Crippen molar-refractivity contribution in [2.75, 3.05) is 5.73 Å². The molecule has 0 saturated heterocycles. The van der Waals surface area contributed by atoms with Crippen molar-refractivity contribution < 1.29 is 4.79 Å². The largest absolute Gasteiger partial charge is 0.399 e. The van der Waals surface area contributed by atoms with Gasteiger partial charge in [0.15, 0.2) is 0 Å². The Morgan fingerprint density at radius 3 is 2.79 bits per heavy atom. The number of nitrogens with two attached hydrogens (primary N) is 2. The molecule has 4 nitrogen and oxygen atoms in total. The highest BCUT2D eigenvalue weighted by molar-refractivity contribution is 5.90. The smallest absolute Gasteiger partial charge is 0.241 e. The van der Waals surface area contributed by atoms with Gasteiger partial charge >= 0.3 is 0 Å². The molecule has 1 rings (SSSR count). The Morgan fingerprint density at radius 2 is 2.21 bits per heavy atom. The SMILES string of the molecule is N#Cc1ccc(N)cc1C=CC(N)=O. The first-order chi connectivity index (χ1) is 6.63. The molecule has 0 atom stereocenters. The molecule has 0 aliphatic carbocycles. The van der Waals surface area contributed by atoms with Crippen molar-refractivity contribution in [3.63, 3.8) is 0 Å². The van der Waals surface area contributed by atoms with Crippen LogP contribution in [-0.4, -0.2) is 5.91 Å². The average molecular weight is 187 g/mol. The van der Waals surface area contributed by atoms with Crippen LogP contribution in [0.4, 0.5) is 5.69 Å². The zero-order chi connectivity index (χ0) is 10.6. The Bertz CT molecular complexity index is 429. The maximum atomic E-state index is 10.5. The molecule has 1 amide bonds. The lowest BCUT2D eigenvalue weighted by Gasteiger charge is -1.98. The van der Waals surface area contributed by atoms with Crippen molar-refractivity contribution in [3.05, 3.63) is 35.4 Å². The first-order valence-corrected chi connectivity index (χ1v) is 3.90. The lowest BCUT2D eigenvalue weighted by atomic mass is 10.1. The number of hydrogen-bond acceptors (Lipinski definition) is 3. The highest BCUT2D eigenvalue weighted by Gasteiger charge is 1.98.